The predicted molar refractivity (Wildman–Crippen MR) is 112 cm³/mol. The van der Waals surface area contributed by atoms with E-state index in [1.807, 2.05) is 58.8 Å². The van der Waals surface area contributed by atoms with E-state index in [9.17, 15) is 4.79 Å². The molecule has 0 aliphatic carbocycles. The minimum Gasteiger partial charge on any atom is -0.490 e. The van der Waals surface area contributed by atoms with E-state index in [1.54, 1.807) is 6.20 Å². The molecule has 3 aromatic rings. The number of likely N-dealkylation sites (tertiary alicyclic amines) is 1. The molecule has 0 radical (unpaired) electrons. The van der Waals surface area contributed by atoms with Crippen LogP contribution in [0.4, 0.5) is 0 Å². The van der Waals surface area contributed by atoms with Gasteiger partial charge in [-0.1, -0.05) is 23.7 Å². The Bertz CT molecular complexity index is 979. The maximum atomic E-state index is 12.0. The Labute approximate surface area is 175 Å². The summed E-state index contributed by atoms with van der Waals surface area (Å²) in [6, 6.07) is 11.9. The van der Waals surface area contributed by atoms with Crippen molar-refractivity contribution in [3.63, 3.8) is 0 Å². The van der Waals surface area contributed by atoms with E-state index in [4.69, 9.17) is 21.1 Å². The number of fused-ring (bicyclic) bond motifs is 1. The van der Waals surface area contributed by atoms with Gasteiger partial charge in [-0.25, -0.2) is 4.98 Å². The van der Waals surface area contributed by atoms with Gasteiger partial charge >= 0.3 is 0 Å². The number of rotatable bonds is 6. The average molecular weight is 414 g/mol. The minimum absolute atomic E-state index is 0.0568. The molecule has 0 spiro atoms. The number of benzene rings is 1. The molecule has 0 unspecified atom stereocenters. The van der Waals surface area contributed by atoms with Gasteiger partial charge in [-0.2, -0.15) is 0 Å². The number of nitrogens with zero attached hydrogens (tertiary/aromatic N) is 3. The minimum atomic E-state index is 0.0568. The lowest BCUT2D eigenvalue weighted by Gasteiger charge is -2.32. The highest BCUT2D eigenvalue weighted by molar-refractivity contribution is 6.32. The average Bonchev–Trinajstić information content (AvgIpc) is 3.23. The second-order valence-corrected chi connectivity index (χ2v) is 7.41. The molecular weight excluding hydrogens is 390 g/mol. The van der Waals surface area contributed by atoms with Gasteiger partial charge in [-0.3, -0.25) is 9.20 Å². The van der Waals surface area contributed by atoms with Crippen LogP contribution >= 0.6 is 11.6 Å². The second kappa shape index (κ2) is 8.84. The Morgan fingerprint density at radius 1 is 1.17 bits per heavy atom. The SMILES string of the molecule is CCOCC(=O)N1CCC(Oc2ccc(-c3ccc4nccn4c3Cl)cc2)CC1. The summed E-state index contributed by atoms with van der Waals surface area (Å²) < 4.78 is 13.2. The van der Waals surface area contributed by atoms with Crippen LogP contribution in [0.1, 0.15) is 19.8 Å². The van der Waals surface area contributed by atoms with E-state index in [0.717, 1.165) is 35.4 Å². The highest BCUT2D eigenvalue weighted by atomic mass is 35.5. The van der Waals surface area contributed by atoms with Crippen LogP contribution in [0.25, 0.3) is 16.8 Å². The van der Waals surface area contributed by atoms with Crippen LogP contribution in [-0.2, 0) is 9.53 Å². The molecule has 1 amide bonds. The van der Waals surface area contributed by atoms with E-state index in [1.165, 1.54) is 0 Å². The largest absolute Gasteiger partial charge is 0.490 e. The molecule has 7 heteroatoms. The molecule has 4 rings (SSSR count). The van der Waals surface area contributed by atoms with Crippen molar-refractivity contribution < 1.29 is 14.3 Å². The lowest BCUT2D eigenvalue weighted by atomic mass is 10.1. The molecule has 1 fully saturated rings. The van der Waals surface area contributed by atoms with E-state index in [2.05, 4.69) is 4.98 Å². The van der Waals surface area contributed by atoms with Gasteiger partial charge in [0.05, 0.1) is 0 Å². The van der Waals surface area contributed by atoms with Gasteiger partial charge in [-0.15, -0.1) is 0 Å². The summed E-state index contributed by atoms with van der Waals surface area (Å²) in [5.74, 6) is 0.883. The van der Waals surface area contributed by atoms with Crippen molar-refractivity contribution in [3.8, 4) is 16.9 Å². The number of halogens is 1. The molecule has 0 bridgehead atoms. The maximum Gasteiger partial charge on any atom is 0.248 e. The highest BCUT2D eigenvalue weighted by Crippen LogP contribution is 2.30. The molecule has 1 aliphatic rings. The van der Waals surface area contributed by atoms with Crippen LogP contribution in [0.15, 0.2) is 48.8 Å². The molecule has 29 heavy (non-hydrogen) atoms. The van der Waals surface area contributed by atoms with Crippen molar-refractivity contribution in [2.75, 3.05) is 26.3 Å². The number of amides is 1. The fraction of sp³-hybridized carbons (Fsp3) is 0.364. The Kier molecular flexibility index (Phi) is 6.02. The highest BCUT2D eigenvalue weighted by Gasteiger charge is 2.23. The number of hydrogen-bond donors (Lipinski definition) is 0. The number of ether oxygens (including phenoxy) is 2. The lowest BCUT2D eigenvalue weighted by Crippen LogP contribution is -2.43. The topological polar surface area (TPSA) is 56.1 Å². The molecule has 1 aliphatic heterocycles. The Hall–Kier alpha value is -2.57. The van der Waals surface area contributed by atoms with Gasteiger partial charge in [0.2, 0.25) is 5.91 Å². The standard InChI is InChI=1S/C22H24ClN3O3/c1-2-28-15-21(27)25-12-9-18(10-13-25)29-17-5-3-16(4-6-17)19-7-8-20-24-11-14-26(20)22(19)23/h3-8,11,14,18H,2,9-10,12-13,15H2,1H3. The van der Waals surface area contributed by atoms with Crippen molar-refractivity contribution in [1.29, 1.82) is 0 Å². The molecule has 0 N–H and O–H groups in total. The van der Waals surface area contributed by atoms with E-state index in [-0.39, 0.29) is 18.6 Å². The predicted octanol–water partition coefficient (Wildman–Crippen LogP) is 4.06. The van der Waals surface area contributed by atoms with Gasteiger partial charge in [0.25, 0.3) is 0 Å². The van der Waals surface area contributed by atoms with E-state index >= 15 is 0 Å². The third-order valence-electron chi connectivity index (χ3n) is 5.19. The van der Waals surface area contributed by atoms with Crippen LogP contribution in [0.3, 0.4) is 0 Å². The van der Waals surface area contributed by atoms with Crippen LogP contribution in [0, 0.1) is 0 Å². The van der Waals surface area contributed by atoms with Crippen LogP contribution < -0.4 is 4.74 Å². The molecule has 1 saturated heterocycles. The zero-order valence-electron chi connectivity index (χ0n) is 16.4. The smallest absolute Gasteiger partial charge is 0.248 e. The fourth-order valence-corrected chi connectivity index (χ4v) is 3.90. The first-order valence-electron chi connectivity index (χ1n) is 9.90. The summed E-state index contributed by atoms with van der Waals surface area (Å²) in [5, 5.41) is 0.637. The van der Waals surface area contributed by atoms with Crippen molar-refractivity contribution in [1.82, 2.24) is 14.3 Å². The first-order valence-corrected chi connectivity index (χ1v) is 10.3. The van der Waals surface area contributed by atoms with Crippen molar-refractivity contribution in [2.45, 2.75) is 25.9 Å². The Morgan fingerprint density at radius 3 is 2.66 bits per heavy atom. The van der Waals surface area contributed by atoms with Crippen LogP contribution in [0.2, 0.25) is 5.15 Å². The monoisotopic (exact) mass is 413 g/mol. The van der Waals surface area contributed by atoms with Crippen LogP contribution in [-0.4, -0.2) is 52.6 Å². The van der Waals surface area contributed by atoms with Gasteiger partial charge in [-0.05, 0) is 36.8 Å². The zero-order chi connectivity index (χ0) is 20.2. The van der Waals surface area contributed by atoms with E-state index in [0.29, 0.717) is 24.8 Å². The number of piperidine rings is 1. The van der Waals surface area contributed by atoms with Gasteiger partial charge < -0.3 is 14.4 Å². The van der Waals surface area contributed by atoms with Gasteiger partial charge in [0.15, 0.2) is 0 Å². The molecule has 0 saturated carbocycles. The molecule has 3 heterocycles. The summed E-state index contributed by atoms with van der Waals surface area (Å²) in [6.45, 7) is 4.02. The summed E-state index contributed by atoms with van der Waals surface area (Å²) in [4.78, 5) is 18.1. The number of imidazole rings is 1. The fourth-order valence-electron chi connectivity index (χ4n) is 3.59. The second-order valence-electron chi connectivity index (χ2n) is 7.05. The van der Waals surface area contributed by atoms with E-state index < -0.39 is 0 Å². The van der Waals surface area contributed by atoms with Crippen molar-refractivity contribution in [3.05, 3.63) is 53.9 Å². The molecule has 0 atom stereocenters. The molecular formula is C22H24ClN3O3. The lowest BCUT2D eigenvalue weighted by molar-refractivity contribution is -0.137. The molecule has 6 nitrogen and oxygen atoms in total. The summed E-state index contributed by atoms with van der Waals surface area (Å²) in [7, 11) is 0. The quantitative estimate of drug-likeness (QED) is 0.572. The number of aromatic nitrogens is 2. The van der Waals surface area contributed by atoms with Gasteiger partial charge in [0.1, 0.15) is 29.3 Å². The Balaban J connectivity index is 1.36. The number of pyridine rings is 1. The summed E-state index contributed by atoms with van der Waals surface area (Å²) in [6.07, 6.45) is 5.34. The first kappa shape index (κ1) is 19.7. The van der Waals surface area contributed by atoms with Crippen molar-refractivity contribution >= 4 is 23.2 Å². The van der Waals surface area contributed by atoms with Crippen molar-refractivity contribution in [2.24, 2.45) is 0 Å². The number of carbonyl (C=O) groups excluding carboxylic acids is 1. The maximum absolute atomic E-state index is 12.0. The normalized spacial score (nSPS) is 15.0. The molecule has 1 aromatic carbocycles. The summed E-state index contributed by atoms with van der Waals surface area (Å²) in [5.41, 5.74) is 2.80. The first-order chi connectivity index (χ1) is 14.2. The third kappa shape index (κ3) is 4.38. The Morgan fingerprint density at radius 2 is 1.93 bits per heavy atom. The van der Waals surface area contributed by atoms with Crippen LogP contribution in [0.5, 0.6) is 5.75 Å². The number of carbonyl (C=O) groups is 1. The summed E-state index contributed by atoms with van der Waals surface area (Å²) >= 11 is 6.53. The number of hydrogen-bond acceptors (Lipinski definition) is 4. The molecule has 2 aromatic heterocycles. The third-order valence-corrected chi connectivity index (χ3v) is 5.58. The zero-order valence-corrected chi connectivity index (χ0v) is 17.1. The van der Waals surface area contributed by atoms with Gasteiger partial charge in [0, 0.05) is 50.5 Å². The molecule has 152 valence electrons.